The van der Waals surface area contributed by atoms with Gasteiger partial charge in [0, 0.05) is 23.8 Å². The summed E-state index contributed by atoms with van der Waals surface area (Å²) in [5.41, 5.74) is 2.44. The first-order valence-electron chi connectivity index (χ1n) is 8.17. The number of benzene rings is 2. The molecular formula is C19H15N3O6. The van der Waals surface area contributed by atoms with E-state index in [-0.39, 0.29) is 17.1 Å². The zero-order valence-electron chi connectivity index (χ0n) is 14.7. The molecule has 0 bridgehead atoms. The summed E-state index contributed by atoms with van der Waals surface area (Å²) in [6, 6.07) is 14.0. The lowest BCUT2D eigenvalue weighted by atomic mass is 10.1. The van der Waals surface area contributed by atoms with Gasteiger partial charge in [-0.15, -0.1) is 0 Å². The fraction of sp³-hybridized carbons (Fsp3) is 0.105. The number of ether oxygens (including phenoxy) is 1. The maximum Gasteiger partial charge on any atom is 0.338 e. The second-order valence-corrected chi connectivity index (χ2v) is 5.87. The van der Waals surface area contributed by atoms with Crippen LogP contribution in [0.3, 0.4) is 0 Å². The van der Waals surface area contributed by atoms with Crippen LogP contribution in [0, 0.1) is 17.0 Å². The average Bonchev–Trinajstić information content (AvgIpc) is 3.15. The second kappa shape index (κ2) is 8.12. The predicted octanol–water partition coefficient (Wildman–Crippen LogP) is 3.35. The van der Waals surface area contributed by atoms with Crippen molar-refractivity contribution in [2.45, 2.75) is 6.92 Å². The third-order valence-corrected chi connectivity index (χ3v) is 3.77. The maximum absolute atomic E-state index is 11.9. The number of amides is 1. The number of esters is 1. The number of nitro groups is 1. The van der Waals surface area contributed by atoms with Gasteiger partial charge in [-0.2, -0.15) is 0 Å². The van der Waals surface area contributed by atoms with E-state index in [1.165, 1.54) is 24.3 Å². The number of hydrogen-bond donors (Lipinski definition) is 1. The summed E-state index contributed by atoms with van der Waals surface area (Å²) in [4.78, 5) is 33.8. The summed E-state index contributed by atoms with van der Waals surface area (Å²) in [5, 5.41) is 16.9. The summed E-state index contributed by atoms with van der Waals surface area (Å²) < 4.78 is 9.94. The van der Waals surface area contributed by atoms with Crippen molar-refractivity contribution in [3.63, 3.8) is 0 Å². The molecule has 1 amide bonds. The van der Waals surface area contributed by atoms with Gasteiger partial charge in [-0.05, 0) is 19.1 Å². The number of nitrogens with zero attached hydrogens (tertiary/aromatic N) is 2. The number of nitrogens with one attached hydrogen (secondary N) is 1. The molecule has 0 unspecified atom stereocenters. The van der Waals surface area contributed by atoms with Crippen LogP contribution in [-0.4, -0.2) is 28.6 Å². The third kappa shape index (κ3) is 4.58. The minimum absolute atomic E-state index is 0.0970. The number of rotatable bonds is 6. The zero-order chi connectivity index (χ0) is 20.1. The Morgan fingerprint density at radius 1 is 1.14 bits per heavy atom. The van der Waals surface area contributed by atoms with E-state index in [0.29, 0.717) is 5.69 Å². The lowest BCUT2D eigenvalue weighted by molar-refractivity contribution is -0.384. The van der Waals surface area contributed by atoms with Crippen LogP contribution in [0.15, 0.2) is 59.1 Å². The molecule has 2 aromatic carbocycles. The number of non-ortho nitro benzene ring substituents is 1. The highest BCUT2D eigenvalue weighted by Gasteiger charge is 2.14. The fourth-order valence-corrected chi connectivity index (χ4v) is 2.30. The number of aromatic nitrogens is 1. The molecule has 1 N–H and O–H groups in total. The van der Waals surface area contributed by atoms with Crippen molar-refractivity contribution in [1.82, 2.24) is 5.16 Å². The van der Waals surface area contributed by atoms with Gasteiger partial charge >= 0.3 is 5.97 Å². The van der Waals surface area contributed by atoms with E-state index in [0.717, 1.165) is 11.1 Å². The summed E-state index contributed by atoms with van der Waals surface area (Å²) in [7, 11) is 0. The number of nitro benzene ring substituents is 1. The number of carbonyl (C=O) groups is 2. The van der Waals surface area contributed by atoms with Crippen LogP contribution in [0.2, 0.25) is 0 Å². The Kier molecular flexibility index (Phi) is 5.45. The molecule has 1 heterocycles. The average molecular weight is 381 g/mol. The van der Waals surface area contributed by atoms with Crippen molar-refractivity contribution in [2.75, 3.05) is 11.9 Å². The first kappa shape index (κ1) is 18.8. The van der Waals surface area contributed by atoms with Gasteiger partial charge in [0.15, 0.2) is 6.61 Å². The quantitative estimate of drug-likeness (QED) is 0.394. The standard InChI is InChI=1S/C19H15N3O6/c1-12-2-4-13(5-3-12)16-10-18(28-21-16)20-17(23)11-27-19(24)14-6-8-15(9-7-14)22(25)26/h2-10H,11H2,1H3,(H,20,23). The monoisotopic (exact) mass is 381 g/mol. The van der Waals surface area contributed by atoms with Crippen molar-refractivity contribution >= 4 is 23.4 Å². The Balaban J connectivity index is 1.53. The van der Waals surface area contributed by atoms with Crippen LogP contribution in [0.4, 0.5) is 11.6 Å². The van der Waals surface area contributed by atoms with Gasteiger partial charge in [0.25, 0.3) is 11.6 Å². The van der Waals surface area contributed by atoms with Crippen LogP contribution >= 0.6 is 0 Å². The lowest BCUT2D eigenvalue weighted by Gasteiger charge is -2.04. The molecule has 28 heavy (non-hydrogen) atoms. The molecule has 3 aromatic rings. The number of aryl methyl sites for hydroxylation is 1. The Hall–Kier alpha value is -4.01. The molecular weight excluding hydrogens is 366 g/mol. The summed E-state index contributed by atoms with van der Waals surface area (Å²) >= 11 is 0. The van der Waals surface area contributed by atoms with Gasteiger partial charge in [-0.1, -0.05) is 35.0 Å². The highest BCUT2D eigenvalue weighted by Crippen LogP contribution is 2.22. The van der Waals surface area contributed by atoms with Crippen molar-refractivity contribution in [3.05, 3.63) is 75.8 Å². The smallest absolute Gasteiger partial charge is 0.338 e. The van der Waals surface area contributed by atoms with Gasteiger partial charge in [0.2, 0.25) is 5.88 Å². The van der Waals surface area contributed by atoms with E-state index >= 15 is 0 Å². The van der Waals surface area contributed by atoms with Crippen LogP contribution in [0.5, 0.6) is 0 Å². The molecule has 3 rings (SSSR count). The molecule has 0 atom stereocenters. The molecule has 0 saturated heterocycles. The van der Waals surface area contributed by atoms with Crippen LogP contribution in [-0.2, 0) is 9.53 Å². The molecule has 0 fully saturated rings. The topological polar surface area (TPSA) is 125 Å². The van der Waals surface area contributed by atoms with Crippen molar-refractivity contribution < 1.29 is 23.8 Å². The van der Waals surface area contributed by atoms with E-state index in [2.05, 4.69) is 10.5 Å². The first-order valence-corrected chi connectivity index (χ1v) is 8.17. The van der Waals surface area contributed by atoms with Crippen LogP contribution in [0.1, 0.15) is 15.9 Å². The highest BCUT2D eigenvalue weighted by molar-refractivity contribution is 5.95. The largest absolute Gasteiger partial charge is 0.452 e. The molecule has 142 valence electrons. The first-order chi connectivity index (χ1) is 13.4. The summed E-state index contributed by atoms with van der Waals surface area (Å²) in [5.74, 6) is -1.27. The van der Waals surface area contributed by atoms with Gasteiger partial charge in [0.05, 0.1) is 10.5 Å². The van der Waals surface area contributed by atoms with Crippen LogP contribution < -0.4 is 5.32 Å². The van der Waals surface area contributed by atoms with Gasteiger partial charge in [-0.25, -0.2) is 4.79 Å². The minimum Gasteiger partial charge on any atom is -0.452 e. The Bertz CT molecular complexity index is 1010. The van der Waals surface area contributed by atoms with Crippen LogP contribution in [0.25, 0.3) is 11.3 Å². The molecule has 1 aromatic heterocycles. The molecule has 0 aliphatic heterocycles. The minimum atomic E-state index is -0.775. The van der Waals surface area contributed by atoms with E-state index < -0.39 is 23.4 Å². The van der Waals surface area contributed by atoms with E-state index in [1.54, 1.807) is 6.07 Å². The van der Waals surface area contributed by atoms with Gasteiger partial charge < -0.3 is 9.26 Å². The van der Waals surface area contributed by atoms with Crippen molar-refractivity contribution in [1.29, 1.82) is 0 Å². The lowest BCUT2D eigenvalue weighted by Crippen LogP contribution is -2.20. The maximum atomic E-state index is 11.9. The molecule has 0 radical (unpaired) electrons. The molecule has 9 nitrogen and oxygen atoms in total. The molecule has 0 saturated carbocycles. The molecule has 0 aliphatic carbocycles. The summed E-state index contributed by atoms with van der Waals surface area (Å²) in [6.07, 6.45) is 0. The zero-order valence-corrected chi connectivity index (χ0v) is 14.7. The number of hydrogen-bond acceptors (Lipinski definition) is 7. The predicted molar refractivity (Wildman–Crippen MR) is 98.7 cm³/mol. The number of carbonyl (C=O) groups excluding carboxylic acids is 2. The Labute approximate surface area is 159 Å². The highest BCUT2D eigenvalue weighted by atomic mass is 16.6. The van der Waals surface area contributed by atoms with E-state index in [9.17, 15) is 19.7 Å². The van der Waals surface area contributed by atoms with E-state index in [4.69, 9.17) is 9.26 Å². The molecule has 0 aliphatic rings. The molecule has 9 heteroatoms. The SMILES string of the molecule is Cc1ccc(-c2cc(NC(=O)COC(=O)c3ccc([N+](=O)[O-])cc3)on2)cc1. The fourth-order valence-electron chi connectivity index (χ4n) is 2.30. The Morgan fingerprint density at radius 2 is 1.82 bits per heavy atom. The molecule has 0 spiro atoms. The second-order valence-electron chi connectivity index (χ2n) is 5.87. The van der Waals surface area contributed by atoms with Crippen molar-refractivity contribution in [3.8, 4) is 11.3 Å². The van der Waals surface area contributed by atoms with Gasteiger partial charge in [0.1, 0.15) is 5.69 Å². The summed E-state index contributed by atoms with van der Waals surface area (Å²) in [6.45, 7) is 1.42. The van der Waals surface area contributed by atoms with Gasteiger partial charge in [-0.3, -0.25) is 20.2 Å². The normalized spacial score (nSPS) is 10.3. The Morgan fingerprint density at radius 3 is 2.46 bits per heavy atom. The third-order valence-electron chi connectivity index (χ3n) is 3.77. The van der Waals surface area contributed by atoms with Crippen molar-refractivity contribution in [2.24, 2.45) is 0 Å². The van der Waals surface area contributed by atoms with E-state index in [1.807, 2.05) is 31.2 Å². The number of anilines is 1.